The predicted octanol–water partition coefficient (Wildman–Crippen LogP) is 2.01. The van der Waals surface area contributed by atoms with Crippen molar-refractivity contribution in [2.45, 2.75) is 13.3 Å². The Balaban J connectivity index is 2.30. The second-order valence-corrected chi connectivity index (χ2v) is 4.97. The molecule has 0 N–H and O–H groups in total. The van der Waals surface area contributed by atoms with Crippen LogP contribution >= 0.6 is 15.9 Å². The minimum Gasteiger partial charge on any atom is -0.461 e. The van der Waals surface area contributed by atoms with E-state index in [0.29, 0.717) is 18.7 Å². The highest BCUT2D eigenvalue weighted by atomic mass is 79.9. The third kappa shape index (κ3) is 2.94. The molecule has 1 aromatic rings. The van der Waals surface area contributed by atoms with Crippen molar-refractivity contribution in [3.63, 3.8) is 0 Å². The standard InChI is InChI=1S/C13H15BrN2O3/c1-2-19-13(18)12-10(4-3-5-15-12)16-8-9(7-14)6-11(16)17/h3-5,9H,2,6-8H2,1H3. The van der Waals surface area contributed by atoms with Crippen LogP contribution in [-0.4, -0.2) is 35.3 Å². The summed E-state index contributed by atoms with van der Waals surface area (Å²) in [5.74, 6) is -0.209. The second-order valence-electron chi connectivity index (χ2n) is 4.32. The Morgan fingerprint density at radius 2 is 2.42 bits per heavy atom. The summed E-state index contributed by atoms with van der Waals surface area (Å²) < 4.78 is 4.97. The number of hydrogen-bond donors (Lipinski definition) is 0. The van der Waals surface area contributed by atoms with Gasteiger partial charge in [0.1, 0.15) is 0 Å². The fraction of sp³-hybridized carbons (Fsp3) is 0.462. The van der Waals surface area contributed by atoms with E-state index in [4.69, 9.17) is 4.74 Å². The van der Waals surface area contributed by atoms with E-state index in [1.54, 1.807) is 24.0 Å². The lowest BCUT2D eigenvalue weighted by molar-refractivity contribution is -0.117. The Hall–Kier alpha value is -1.43. The number of pyridine rings is 1. The van der Waals surface area contributed by atoms with Gasteiger partial charge < -0.3 is 9.64 Å². The number of nitrogens with zero attached hydrogens (tertiary/aromatic N) is 2. The van der Waals surface area contributed by atoms with Crippen molar-refractivity contribution in [1.29, 1.82) is 0 Å². The number of aromatic nitrogens is 1. The molecule has 6 heteroatoms. The summed E-state index contributed by atoms with van der Waals surface area (Å²) in [6.45, 7) is 2.62. The van der Waals surface area contributed by atoms with E-state index in [0.717, 1.165) is 5.33 Å². The van der Waals surface area contributed by atoms with Crippen LogP contribution in [0.4, 0.5) is 5.69 Å². The second kappa shape index (κ2) is 6.14. The van der Waals surface area contributed by atoms with Crippen molar-refractivity contribution in [3.8, 4) is 0 Å². The van der Waals surface area contributed by atoms with Gasteiger partial charge in [0.05, 0.1) is 12.3 Å². The Morgan fingerprint density at radius 1 is 1.63 bits per heavy atom. The van der Waals surface area contributed by atoms with Gasteiger partial charge in [-0.3, -0.25) is 4.79 Å². The van der Waals surface area contributed by atoms with Gasteiger partial charge in [0.25, 0.3) is 0 Å². The fourth-order valence-electron chi connectivity index (χ4n) is 2.09. The zero-order chi connectivity index (χ0) is 13.8. The molecule has 1 saturated heterocycles. The van der Waals surface area contributed by atoms with Crippen LogP contribution in [0.1, 0.15) is 23.8 Å². The van der Waals surface area contributed by atoms with E-state index in [1.807, 2.05) is 0 Å². The summed E-state index contributed by atoms with van der Waals surface area (Å²) in [5, 5.41) is 0.768. The van der Waals surface area contributed by atoms with Crippen molar-refractivity contribution in [2.24, 2.45) is 5.92 Å². The van der Waals surface area contributed by atoms with E-state index in [2.05, 4.69) is 20.9 Å². The monoisotopic (exact) mass is 326 g/mol. The molecule has 0 radical (unpaired) electrons. The number of carbonyl (C=O) groups is 2. The van der Waals surface area contributed by atoms with Crippen LogP contribution in [0.3, 0.4) is 0 Å². The number of hydrogen-bond acceptors (Lipinski definition) is 4. The summed E-state index contributed by atoms with van der Waals surface area (Å²) in [4.78, 5) is 29.5. The molecule has 1 aromatic heterocycles. The van der Waals surface area contributed by atoms with E-state index in [9.17, 15) is 9.59 Å². The molecular weight excluding hydrogens is 312 g/mol. The van der Waals surface area contributed by atoms with E-state index in [1.165, 1.54) is 6.20 Å². The molecule has 19 heavy (non-hydrogen) atoms. The molecule has 0 aliphatic carbocycles. The van der Waals surface area contributed by atoms with Crippen LogP contribution in [0.25, 0.3) is 0 Å². The average Bonchev–Trinajstić information content (AvgIpc) is 2.80. The molecule has 1 unspecified atom stereocenters. The molecule has 1 aliphatic rings. The first-order valence-electron chi connectivity index (χ1n) is 6.15. The van der Waals surface area contributed by atoms with Gasteiger partial charge in [-0.15, -0.1) is 0 Å². The molecular formula is C13H15BrN2O3. The number of halogens is 1. The van der Waals surface area contributed by atoms with E-state index < -0.39 is 5.97 Å². The highest BCUT2D eigenvalue weighted by molar-refractivity contribution is 9.09. The third-order valence-electron chi connectivity index (χ3n) is 2.97. The molecule has 0 aromatic carbocycles. The third-order valence-corrected chi connectivity index (χ3v) is 3.89. The molecule has 2 heterocycles. The molecule has 0 saturated carbocycles. The van der Waals surface area contributed by atoms with Crippen LogP contribution in [-0.2, 0) is 9.53 Å². The smallest absolute Gasteiger partial charge is 0.359 e. The van der Waals surface area contributed by atoms with Gasteiger partial charge in [0, 0.05) is 24.5 Å². The number of esters is 1. The van der Waals surface area contributed by atoms with Gasteiger partial charge >= 0.3 is 5.97 Å². The summed E-state index contributed by atoms with van der Waals surface area (Å²) in [6.07, 6.45) is 2.01. The van der Waals surface area contributed by atoms with Gasteiger partial charge in [-0.05, 0) is 25.0 Å². The highest BCUT2D eigenvalue weighted by Gasteiger charge is 2.32. The van der Waals surface area contributed by atoms with Crippen molar-refractivity contribution in [2.75, 3.05) is 23.4 Å². The number of ether oxygens (including phenoxy) is 1. The molecule has 102 valence electrons. The summed E-state index contributed by atoms with van der Waals surface area (Å²) >= 11 is 3.39. The highest BCUT2D eigenvalue weighted by Crippen LogP contribution is 2.28. The van der Waals surface area contributed by atoms with Crippen LogP contribution in [0.5, 0.6) is 0 Å². The van der Waals surface area contributed by atoms with Gasteiger partial charge in [-0.2, -0.15) is 0 Å². The summed E-state index contributed by atoms with van der Waals surface area (Å²) in [5.41, 5.74) is 0.738. The molecule has 1 atom stereocenters. The number of alkyl halides is 1. The van der Waals surface area contributed by atoms with E-state index >= 15 is 0 Å². The fourth-order valence-corrected chi connectivity index (χ4v) is 2.52. The Morgan fingerprint density at radius 3 is 3.05 bits per heavy atom. The minimum atomic E-state index is -0.492. The topological polar surface area (TPSA) is 59.5 Å². The molecule has 2 rings (SSSR count). The number of amides is 1. The predicted molar refractivity (Wildman–Crippen MR) is 74.4 cm³/mol. The van der Waals surface area contributed by atoms with Gasteiger partial charge in [0.15, 0.2) is 5.69 Å². The summed E-state index contributed by atoms with van der Waals surface area (Å²) in [7, 11) is 0. The van der Waals surface area contributed by atoms with Crippen LogP contribution in [0.2, 0.25) is 0 Å². The molecule has 1 aliphatic heterocycles. The van der Waals surface area contributed by atoms with Crippen molar-refractivity contribution >= 4 is 33.5 Å². The lowest BCUT2D eigenvalue weighted by Gasteiger charge is -2.18. The molecule has 1 fully saturated rings. The minimum absolute atomic E-state index is 0.0167. The van der Waals surface area contributed by atoms with Crippen LogP contribution < -0.4 is 4.90 Å². The zero-order valence-corrected chi connectivity index (χ0v) is 12.2. The number of anilines is 1. The van der Waals surface area contributed by atoms with Crippen molar-refractivity contribution in [3.05, 3.63) is 24.0 Å². The maximum Gasteiger partial charge on any atom is 0.359 e. The Labute approximate surface area is 120 Å². The first kappa shape index (κ1) is 14.0. The zero-order valence-electron chi connectivity index (χ0n) is 10.6. The maximum atomic E-state index is 12.0. The van der Waals surface area contributed by atoms with E-state index in [-0.39, 0.29) is 24.1 Å². The lowest BCUT2D eigenvalue weighted by Crippen LogP contribution is -2.27. The lowest BCUT2D eigenvalue weighted by atomic mass is 10.2. The Kier molecular flexibility index (Phi) is 4.52. The number of rotatable bonds is 4. The summed E-state index contributed by atoms with van der Waals surface area (Å²) in [6, 6.07) is 3.45. The van der Waals surface area contributed by atoms with Crippen LogP contribution in [0.15, 0.2) is 18.3 Å². The van der Waals surface area contributed by atoms with Gasteiger partial charge in [-0.1, -0.05) is 15.9 Å². The number of carbonyl (C=O) groups excluding carboxylic acids is 2. The van der Waals surface area contributed by atoms with Crippen molar-refractivity contribution in [1.82, 2.24) is 4.98 Å². The van der Waals surface area contributed by atoms with Gasteiger partial charge in [-0.25, -0.2) is 9.78 Å². The molecule has 0 spiro atoms. The first-order chi connectivity index (χ1) is 9.17. The van der Waals surface area contributed by atoms with Crippen LogP contribution in [0, 0.1) is 5.92 Å². The van der Waals surface area contributed by atoms with Crippen molar-refractivity contribution < 1.29 is 14.3 Å². The normalized spacial score (nSPS) is 18.7. The molecule has 5 nitrogen and oxygen atoms in total. The first-order valence-corrected chi connectivity index (χ1v) is 7.28. The quantitative estimate of drug-likeness (QED) is 0.627. The Bertz CT molecular complexity index is 493. The van der Waals surface area contributed by atoms with Gasteiger partial charge in [0.2, 0.25) is 5.91 Å². The maximum absolute atomic E-state index is 12.0. The molecule has 0 bridgehead atoms. The largest absolute Gasteiger partial charge is 0.461 e. The SMILES string of the molecule is CCOC(=O)c1ncccc1N1CC(CBr)CC1=O. The average molecular weight is 327 g/mol. The molecule has 1 amide bonds.